The topological polar surface area (TPSA) is 144 Å². The Morgan fingerprint density at radius 1 is 1.06 bits per heavy atom. The van der Waals surface area contributed by atoms with E-state index in [2.05, 4.69) is 26.1 Å². The molecule has 11 atom stereocenters. The van der Waals surface area contributed by atoms with Crippen molar-refractivity contribution in [3.63, 3.8) is 0 Å². The average Bonchev–Trinajstić information content (AvgIpc) is 3.12. The first-order chi connectivity index (χ1) is 16.3. The molecule has 1 amide bonds. The Hall–Kier alpha value is -0.143. The number of hydrogen-bond donors (Lipinski definition) is 5. The van der Waals surface area contributed by atoms with Gasteiger partial charge in [0.05, 0.1) is 24.1 Å². The molecule has 0 aromatic heterocycles. The van der Waals surface area contributed by atoms with Crippen LogP contribution in [0.25, 0.3) is 0 Å². The van der Waals surface area contributed by atoms with Crippen molar-refractivity contribution in [2.24, 2.45) is 46.3 Å². The van der Waals surface area contributed by atoms with Crippen LogP contribution in [-0.4, -0.2) is 83.7 Å². The Bertz CT molecular complexity index is 903. The summed E-state index contributed by atoms with van der Waals surface area (Å²) in [5.74, 6) is 0.705. The predicted octanol–water partition coefficient (Wildman–Crippen LogP) is 1.72. The Balaban J connectivity index is 0.00000361. The molecule has 8 nitrogen and oxygen atoms in total. The summed E-state index contributed by atoms with van der Waals surface area (Å²) in [6, 6.07) is 0. The van der Waals surface area contributed by atoms with Gasteiger partial charge < -0.3 is 20.6 Å². The first-order valence-electron chi connectivity index (χ1n) is 13.5. The molecule has 0 aliphatic heterocycles. The normalized spacial score (nSPS) is 45.0. The summed E-state index contributed by atoms with van der Waals surface area (Å²) in [6.45, 7) is 6.56. The Labute approximate surface area is 228 Å². The molecule has 0 bridgehead atoms. The summed E-state index contributed by atoms with van der Waals surface area (Å²) in [6.07, 6.45) is 5.67. The van der Waals surface area contributed by atoms with E-state index in [1.807, 2.05) is 0 Å². The van der Waals surface area contributed by atoms with Crippen LogP contribution in [0.3, 0.4) is 0 Å². The minimum atomic E-state index is -4.10. The fraction of sp³-hybridized carbons (Fsp3) is 0.962. The summed E-state index contributed by atoms with van der Waals surface area (Å²) in [7, 11) is -4.10. The van der Waals surface area contributed by atoms with Gasteiger partial charge in [0.25, 0.3) is 10.1 Å². The molecule has 10 heteroatoms. The number of fused-ring (bicyclic) bond motifs is 5. The van der Waals surface area contributed by atoms with Crippen LogP contribution in [0.4, 0.5) is 0 Å². The van der Waals surface area contributed by atoms with Crippen LogP contribution in [0.5, 0.6) is 0 Å². The zero-order chi connectivity index (χ0) is 25.8. The quantitative estimate of drug-likeness (QED) is 0.252. The van der Waals surface area contributed by atoms with Crippen molar-refractivity contribution in [3.8, 4) is 0 Å². The van der Waals surface area contributed by atoms with Crippen molar-refractivity contribution in [2.75, 3.05) is 12.3 Å². The predicted molar refractivity (Wildman–Crippen MR) is 139 cm³/mol. The van der Waals surface area contributed by atoms with Crippen LogP contribution in [0.1, 0.15) is 78.6 Å². The van der Waals surface area contributed by atoms with Gasteiger partial charge in [-0.3, -0.25) is 9.35 Å². The molecule has 0 radical (unpaired) electrons. The fourth-order valence-electron chi connectivity index (χ4n) is 9.10. The summed E-state index contributed by atoms with van der Waals surface area (Å²) in [5.41, 5.74) is -0.254. The van der Waals surface area contributed by atoms with Gasteiger partial charge in [-0.15, -0.1) is 0 Å². The number of aliphatic hydroxyl groups excluding tert-OH is 3. The first-order valence-corrected chi connectivity index (χ1v) is 15.1. The van der Waals surface area contributed by atoms with Gasteiger partial charge in [0, 0.05) is 13.0 Å². The van der Waals surface area contributed by atoms with E-state index in [9.17, 15) is 28.5 Å². The monoisotopic (exact) mass is 523 g/mol. The number of amides is 1. The van der Waals surface area contributed by atoms with E-state index in [4.69, 9.17) is 4.55 Å². The van der Waals surface area contributed by atoms with Crippen molar-refractivity contribution in [2.45, 2.75) is 96.9 Å². The molecule has 0 spiro atoms. The number of nitrogens with one attached hydrogen (secondary N) is 1. The summed E-state index contributed by atoms with van der Waals surface area (Å²) in [5, 5.41) is 35.8. The van der Waals surface area contributed by atoms with E-state index in [1.54, 1.807) is 0 Å². The fourth-order valence-corrected chi connectivity index (χ4v) is 9.46. The molecule has 5 N–H and O–H groups in total. The Morgan fingerprint density at radius 3 is 2.42 bits per heavy atom. The van der Waals surface area contributed by atoms with Crippen LogP contribution in [-0.2, 0) is 14.9 Å². The summed E-state index contributed by atoms with van der Waals surface area (Å²) in [4.78, 5) is 12.2. The molecular weight excluding hydrogens is 477 g/mol. The van der Waals surface area contributed by atoms with E-state index in [0.29, 0.717) is 18.8 Å². The second kappa shape index (κ2) is 11.2. The van der Waals surface area contributed by atoms with Crippen molar-refractivity contribution < 1.29 is 33.1 Å². The molecule has 4 fully saturated rings. The molecule has 36 heavy (non-hydrogen) atoms. The molecule has 0 aromatic rings. The molecule has 4 aliphatic rings. The number of carbonyl (C=O) groups excluding carboxylic acids is 1. The average molecular weight is 524 g/mol. The molecular formula is C26H46LiNO7S. The molecule has 0 saturated heterocycles. The summed E-state index contributed by atoms with van der Waals surface area (Å²) >= 11 is 0. The third-order valence-corrected chi connectivity index (χ3v) is 11.7. The van der Waals surface area contributed by atoms with E-state index in [0.717, 1.165) is 38.5 Å². The number of aliphatic hydroxyl groups is 3. The van der Waals surface area contributed by atoms with Crippen LogP contribution in [0.2, 0.25) is 0 Å². The Morgan fingerprint density at radius 2 is 1.75 bits per heavy atom. The van der Waals surface area contributed by atoms with Gasteiger partial charge in [0.2, 0.25) is 5.91 Å². The van der Waals surface area contributed by atoms with Gasteiger partial charge in [-0.2, -0.15) is 8.42 Å². The number of carbonyl (C=O) groups is 1. The summed E-state index contributed by atoms with van der Waals surface area (Å²) < 4.78 is 30.5. The Kier molecular flexibility index (Phi) is 9.42. The van der Waals surface area contributed by atoms with Crippen LogP contribution >= 0.6 is 0 Å². The molecule has 4 rings (SSSR count). The molecule has 4 saturated carbocycles. The van der Waals surface area contributed by atoms with E-state index >= 15 is 0 Å². The zero-order valence-electron chi connectivity index (χ0n) is 21.4. The van der Waals surface area contributed by atoms with E-state index < -0.39 is 28.1 Å². The first kappa shape index (κ1) is 30.4. The number of hydrogen-bond acceptors (Lipinski definition) is 6. The standard InChI is InChI=1S/C26H45NO7S.Li.H/c1-15(4-7-23(31)27-10-11-35(32,33)34)18-5-6-19-24-20(14-22(30)26(18,19)3)25(2)9-8-17(28)12-16(25)13-21(24)29;;/h15-22,24,28-30H,4-14H2,1-3H3,(H,27,31)(H,32,33,34);;/t15-,16+,17-,18-,19+,20+,21-,22+,24+,25+,26-;;/m1../s1. The molecule has 0 heterocycles. The molecule has 4 aliphatic carbocycles. The second-order valence-corrected chi connectivity index (χ2v) is 14.2. The van der Waals surface area contributed by atoms with Gasteiger partial charge in [-0.1, -0.05) is 20.8 Å². The minimum absolute atomic E-state index is 0. The van der Waals surface area contributed by atoms with Gasteiger partial charge in [0.15, 0.2) is 0 Å². The molecule has 204 valence electrons. The SMILES string of the molecule is C[C@H](CCC(=O)NCCS(=O)(=O)O)[C@H]1CC[C@H]2[C@@H]3[C@H](O)C[C@@H]4C[C@H](O)CC[C@]4(C)[C@H]3C[C@H](O)[C@]12C.[LiH]. The van der Waals surface area contributed by atoms with Gasteiger partial charge in [-0.25, -0.2) is 0 Å². The number of rotatable bonds is 7. The maximum atomic E-state index is 12.2. The van der Waals surface area contributed by atoms with Gasteiger partial charge >= 0.3 is 18.9 Å². The van der Waals surface area contributed by atoms with Crippen LogP contribution in [0, 0.1) is 46.3 Å². The van der Waals surface area contributed by atoms with Crippen molar-refractivity contribution in [3.05, 3.63) is 0 Å². The van der Waals surface area contributed by atoms with E-state index in [1.165, 1.54) is 0 Å². The molecule has 0 unspecified atom stereocenters. The van der Waals surface area contributed by atoms with Crippen molar-refractivity contribution in [1.82, 2.24) is 5.32 Å². The molecule has 0 aromatic carbocycles. The third-order valence-electron chi connectivity index (χ3n) is 11.0. The zero-order valence-corrected chi connectivity index (χ0v) is 22.2. The van der Waals surface area contributed by atoms with E-state index in [-0.39, 0.29) is 84.3 Å². The maximum absolute atomic E-state index is 12.2. The third kappa shape index (κ3) is 5.59. The van der Waals surface area contributed by atoms with Crippen LogP contribution < -0.4 is 5.32 Å². The van der Waals surface area contributed by atoms with Crippen LogP contribution in [0.15, 0.2) is 0 Å². The van der Waals surface area contributed by atoms with Crippen molar-refractivity contribution >= 4 is 34.9 Å². The van der Waals surface area contributed by atoms with Gasteiger partial charge in [0.1, 0.15) is 0 Å². The second-order valence-electron chi connectivity index (χ2n) is 12.7. The van der Waals surface area contributed by atoms with Crippen molar-refractivity contribution in [1.29, 1.82) is 0 Å². The van der Waals surface area contributed by atoms with Gasteiger partial charge in [-0.05, 0) is 97.7 Å².